The van der Waals surface area contributed by atoms with Gasteiger partial charge in [0.05, 0.1) is 12.5 Å². The first-order chi connectivity index (χ1) is 9.72. The summed E-state index contributed by atoms with van der Waals surface area (Å²) < 4.78 is 5.09. The number of carbonyl (C=O) groups excluding carboxylic acids is 1. The van der Waals surface area contributed by atoms with E-state index in [0.717, 1.165) is 38.3 Å². The summed E-state index contributed by atoms with van der Waals surface area (Å²) >= 11 is 0. The molecule has 1 saturated heterocycles. The second-order valence-corrected chi connectivity index (χ2v) is 5.10. The minimum absolute atomic E-state index is 0.0338. The van der Waals surface area contributed by atoms with Crippen LogP contribution in [0.4, 0.5) is 5.82 Å². The number of hydrogen-bond donors (Lipinski definition) is 1. The molecule has 0 saturated carbocycles. The van der Waals surface area contributed by atoms with Crippen LogP contribution >= 0.6 is 0 Å². The third kappa shape index (κ3) is 3.93. The van der Waals surface area contributed by atoms with Gasteiger partial charge in [0.15, 0.2) is 0 Å². The number of carbonyl (C=O) groups is 1. The lowest BCUT2D eigenvalue weighted by molar-refractivity contribution is -0.149. The zero-order valence-corrected chi connectivity index (χ0v) is 12.3. The van der Waals surface area contributed by atoms with Crippen LogP contribution in [0, 0.1) is 5.92 Å². The van der Waals surface area contributed by atoms with E-state index in [0.29, 0.717) is 6.61 Å². The highest BCUT2D eigenvalue weighted by atomic mass is 16.5. The fourth-order valence-corrected chi connectivity index (χ4v) is 2.55. The van der Waals surface area contributed by atoms with Crippen LogP contribution in [0.5, 0.6) is 0 Å². The summed E-state index contributed by atoms with van der Waals surface area (Å²) in [6.07, 6.45) is 3.61. The number of aromatic nitrogens is 1. The lowest BCUT2D eigenvalue weighted by Gasteiger charge is -2.30. The number of rotatable bonds is 5. The molecule has 0 spiro atoms. The van der Waals surface area contributed by atoms with Gasteiger partial charge in [-0.25, -0.2) is 4.98 Å². The minimum Gasteiger partial charge on any atom is -0.466 e. The Morgan fingerprint density at radius 1 is 1.50 bits per heavy atom. The molecular weight excluding hydrogens is 254 g/mol. The van der Waals surface area contributed by atoms with Crippen molar-refractivity contribution in [2.45, 2.75) is 26.3 Å². The van der Waals surface area contributed by atoms with Gasteiger partial charge in [0, 0.05) is 19.8 Å². The molecule has 0 aromatic carbocycles. The van der Waals surface area contributed by atoms with Crippen LogP contribution in [0.25, 0.3) is 0 Å². The van der Waals surface area contributed by atoms with E-state index in [1.165, 1.54) is 5.56 Å². The molecule has 0 bridgehead atoms. The molecule has 20 heavy (non-hydrogen) atoms. The number of pyridine rings is 1. The molecule has 5 heteroatoms. The highest BCUT2D eigenvalue weighted by molar-refractivity contribution is 5.72. The first kappa shape index (κ1) is 14.8. The van der Waals surface area contributed by atoms with E-state index in [2.05, 4.69) is 21.3 Å². The average Bonchev–Trinajstić information content (AvgIpc) is 2.48. The van der Waals surface area contributed by atoms with Crippen molar-refractivity contribution in [1.82, 2.24) is 9.88 Å². The summed E-state index contributed by atoms with van der Waals surface area (Å²) in [6.45, 7) is 5.13. The van der Waals surface area contributed by atoms with Crippen molar-refractivity contribution >= 4 is 11.8 Å². The third-order valence-corrected chi connectivity index (χ3v) is 3.69. The van der Waals surface area contributed by atoms with E-state index in [4.69, 9.17) is 4.74 Å². The van der Waals surface area contributed by atoms with Gasteiger partial charge in [-0.3, -0.25) is 9.69 Å². The zero-order chi connectivity index (χ0) is 14.4. The average molecular weight is 277 g/mol. The second-order valence-electron chi connectivity index (χ2n) is 5.10. The number of ether oxygens (including phenoxy) is 1. The first-order valence-electron chi connectivity index (χ1n) is 7.24. The first-order valence-corrected chi connectivity index (χ1v) is 7.24. The summed E-state index contributed by atoms with van der Waals surface area (Å²) in [7, 11) is 1.87. The third-order valence-electron chi connectivity index (χ3n) is 3.69. The maximum atomic E-state index is 11.7. The molecule has 1 aromatic heterocycles. The number of likely N-dealkylation sites (tertiary alicyclic amines) is 1. The summed E-state index contributed by atoms with van der Waals surface area (Å²) in [5.74, 6) is 0.939. The number of esters is 1. The maximum Gasteiger partial charge on any atom is 0.309 e. The van der Waals surface area contributed by atoms with E-state index in [9.17, 15) is 4.79 Å². The van der Waals surface area contributed by atoms with Crippen LogP contribution in [0.15, 0.2) is 18.3 Å². The molecule has 0 atom stereocenters. The van der Waals surface area contributed by atoms with Crippen LogP contribution in [0.2, 0.25) is 0 Å². The van der Waals surface area contributed by atoms with Crippen molar-refractivity contribution in [2.75, 3.05) is 32.1 Å². The molecule has 1 fully saturated rings. The van der Waals surface area contributed by atoms with Crippen molar-refractivity contribution in [1.29, 1.82) is 0 Å². The van der Waals surface area contributed by atoms with Crippen LogP contribution in [-0.2, 0) is 16.1 Å². The van der Waals surface area contributed by atoms with Gasteiger partial charge in [0.1, 0.15) is 5.82 Å². The Morgan fingerprint density at radius 3 is 2.90 bits per heavy atom. The highest BCUT2D eigenvalue weighted by Gasteiger charge is 2.25. The Hall–Kier alpha value is -1.62. The molecule has 0 unspecified atom stereocenters. The van der Waals surface area contributed by atoms with E-state index in [1.54, 1.807) is 0 Å². The monoisotopic (exact) mass is 277 g/mol. The molecule has 2 heterocycles. The van der Waals surface area contributed by atoms with Gasteiger partial charge in [-0.1, -0.05) is 0 Å². The van der Waals surface area contributed by atoms with Crippen molar-refractivity contribution in [3.8, 4) is 0 Å². The predicted octanol–water partition coefficient (Wildman–Crippen LogP) is 1.90. The normalized spacial score (nSPS) is 16.9. The van der Waals surface area contributed by atoms with Crippen molar-refractivity contribution in [3.05, 3.63) is 23.9 Å². The van der Waals surface area contributed by atoms with Gasteiger partial charge in [-0.05, 0) is 50.6 Å². The molecular formula is C15H23N3O2. The second kappa shape index (κ2) is 7.24. The standard InChI is InChI=1S/C15H23N3O2/c1-3-20-15(19)13-5-8-18(9-6-13)11-12-4-7-17-14(10-12)16-2/h4,7,10,13H,3,5-6,8-9,11H2,1-2H3,(H,16,17). The molecule has 1 aliphatic rings. The smallest absolute Gasteiger partial charge is 0.309 e. The fourth-order valence-electron chi connectivity index (χ4n) is 2.55. The molecule has 1 aliphatic heterocycles. The molecule has 1 N–H and O–H groups in total. The molecule has 1 aromatic rings. The Balaban J connectivity index is 1.83. The van der Waals surface area contributed by atoms with Crippen LogP contribution in [-0.4, -0.2) is 42.6 Å². The molecule has 0 aliphatic carbocycles. The van der Waals surface area contributed by atoms with Gasteiger partial charge in [0.2, 0.25) is 0 Å². The molecule has 5 nitrogen and oxygen atoms in total. The Bertz CT molecular complexity index is 442. The molecule has 0 amide bonds. The summed E-state index contributed by atoms with van der Waals surface area (Å²) in [5.41, 5.74) is 1.25. The number of anilines is 1. The molecule has 110 valence electrons. The molecule has 0 radical (unpaired) electrons. The van der Waals surface area contributed by atoms with E-state index < -0.39 is 0 Å². The quantitative estimate of drug-likeness (QED) is 0.833. The number of nitrogens with one attached hydrogen (secondary N) is 1. The molecule has 2 rings (SSSR count). The number of hydrogen-bond acceptors (Lipinski definition) is 5. The van der Waals surface area contributed by atoms with Gasteiger partial charge in [-0.15, -0.1) is 0 Å². The SMILES string of the molecule is CCOC(=O)C1CCN(Cc2ccnc(NC)c2)CC1. The lowest BCUT2D eigenvalue weighted by atomic mass is 9.97. The number of nitrogens with zero attached hydrogens (tertiary/aromatic N) is 2. The largest absolute Gasteiger partial charge is 0.466 e. The van der Waals surface area contributed by atoms with Gasteiger partial charge >= 0.3 is 5.97 Å². The summed E-state index contributed by atoms with van der Waals surface area (Å²) in [6, 6.07) is 4.11. The van der Waals surface area contributed by atoms with Crippen molar-refractivity contribution in [3.63, 3.8) is 0 Å². The van der Waals surface area contributed by atoms with Crippen molar-refractivity contribution in [2.24, 2.45) is 5.92 Å². The fraction of sp³-hybridized carbons (Fsp3) is 0.600. The summed E-state index contributed by atoms with van der Waals surface area (Å²) in [4.78, 5) is 18.3. The zero-order valence-electron chi connectivity index (χ0n) is 12.3. The van der Waals surface area contributed by atoms with Crippen molar-refractivity contribution < 1.29 is 9.53 Å². The maximum absolute atomic E-state index is 11.7. The van der Waals surface area contributed by atoms with Crippen LogP contribution in [0.3, 0.4) is 0 Å². The minimum atomic E-state index is -0.0338. The van der Waals surface area contributed by atoms with Gasteiger partial charge in [0.25, 0.3) is 0 Å². The number of piperidine rings is 1. The Morgan fingerprint density at radius 2 is 2.25 bits per heavy atom. The lowest BCUT2D eigenvalue weighted by Crippen LogP contribution is -2.36. The van der Waals surface area contributed by atoms with Crippen LogP contribution < -0.4 is 5.32 Å². The van der Waals surface area contributed by atoms with Gasteiger partial charge in [-0.2, -0.15) is 0 Å². The Labute approximate surface area is 120 Å². The van der Waals surface area contributed by atoms with E-state index in [1.807, 2.05) is 26.2 Å². The van der Waals surface area contributed by atoms with E-state index >= 15 is 0 Å². The van der Waals surface area contributed by atoms with E-state index in [-0.39, 0.29) is 11.9 Å². The predicted molar refractivity (Wildman–Crippen MR) is 78.4 cm³/mol. The summed E-state index contributed by atoms with van der Waals surface area (Å²) in [5, 5.41) is 3.05. The topological polar surface area (TPSA) is 54.5 Å². The highest BCUT2D eigenvalue weighted by Crippen LogP contribution is 2.20. The van der Waals surface area contributed by atoms with Gasteiger partial charge < -0.3 is 10.1 Å². The Kier molecular flexibility index (Phi) is 5.35. The van der Waals surface area contributed by atoms with Crippen LogP contribution in [0.1, 0.15) is 25.3 Å².